The average molecular weight is 281 g/mol. The molecule has 1 saturated heterocycles. The number of nitrogens with zero attached hydrogens (tertiary/aromatic N) is 1. The van der Waals surface area contributed by atoms with Gasteiger partial charge in [0.15, 0.2) is 0 Å². The van der Waals surface area contributed by atoms with Crippen LogP contribution < -0.4 is 0 Å². The molecule has 1 aromatic rings. The van der Waals surface area contributed by atoms with Crippen LogP contribution in [0.25, 0.3) is 0 Å². The van der Waals surface area contributed by atoms with Gasteiger partial charge in [0.25, 0.3) is 0 Å². The van der Waals surface area contributed by atoms with E-state index in [9.17, 15) is 19.1 Å². The fourth-order valence-corrected chi connectivity index (χ4v) is 2.80. The molecule has 0 unspecified atom stereocenters. The van der Waals surface area contributed by atoms with Crippen molar-refractivity contribution in [1.29, 1.82) is 0 Å². The van der Waals surface area contributed by atoms with Gasteiger partial charge in [-0.3, -0.25) is 14.5 Å². The number of halogens is 1. The predicted octanol–water partition coefficient (Wildman–Crippen LogP) is 1.44. The van der Waals surface area contributed by atoms with Crippen molar-refractivity contribution in [2.24, 2.45) is 5.92 Å². The van der Waals surface area contributed by atoms with Crippen molar-refractivity contribution in [3.05, 3.63) is 35.6 Å². The lowest BCUT2D eigenvalue weighted by Crippen LogP contribution is -2.35. The molecule has 1 aliphatic heterocycles. The Morgan fingerprint density at radius 2 is 2.05 bits per heavy atom. The Morgan fingerprint density at radius 3 is 2.60 bits per heavy atom. The maximum Gasteiger partial charge on any atom is 0.323 e. The summed E-state index contributed by atoms with van der Waals surface area (Å²) in [6.07, 6.45) is 0.109. The van der Waals surface area contributed by atoms with E-state index in [1.54, 1.807) is 30.1 Å². The molecule has 0 saturated carbocycles. The van der Waals surface area contributed by atoms with Gasteiger partial charge in [0.2, 0.25) is 0 Å². The van der Waals surface area contributed by atoms with Crippen LogP contribution in [0.3, 0.4) is 0 Å². The number of esters is 1. The minimum Gasteiger partial charge on any atom is -0.481 e. The molecular weight excluding hydrogens is 265 g/mol. The summed E-state index contributed by atoms with van der Waals surface area (Å²) in [7, 11) is 2.87. The van der Waals surface area contributed by atoms with E-state index in [-0.39, 0.29) is 12.0 Å². The van der Waals surface area contributed by atoms with Gasteiger partial charge in [0.1, 0.15) is 11.9 Å². The lowest BCUT2D eigenvalue weighted by molar-refractivity contribution is -0.145. The second-order valence-electron chi connectivity index (χ2n) is 4.85. The molecule has 0 radical (unpaired) electrons. The molecule has 1 aromatic carbocycles. The minimum atomic E-state index is -1.04. The molecule has 1 aliphatic rings. The van der Waals surface area contributed by atoms with E-state index in [0.29, 0.717) is 0 Å². The molecule has 1 N–H and O–H groups in total. The Balaban J connectivity index is 2.41. The van der Waals surface area contributed by atoms with Crippen molar-refractivity contribution in [2.75, 3.05) is 14.2 Å². The molecule has 2 rings (SSSR count). The minimum absolute atomic E-state index is 0.109. The van der Waals surface area contributed by atoms with Crippen LogP contribution in [0.5, 0.6) is 0 Å². The molecule has 0 aromatic heterocycles. The van der Waals surface area contributed by atoms with E-state index in [2.05, 4.69) is 4.74 Å². The molecule has 108 valence electrons. The number of likely N-dealkylation sites (N-methyl/N-ethyl adjacent to an activating group) is 1. The maximum atomic E-state index is 13.9. The van der Waals surface area contributed by atoms with Crippen LogP contribution in [0.15, 0.2) is 24.3 Å². The lowest BCUT2D eigenvalue weighted by atomic mass is 9.93. The Bertz CT molecular complexity index is 534. The molecule has 1 fully saturated rings. The summed E-state index contributed by atoms with van der Waals surface area (Å²) in [5.41, 5.74) is 0.286. The second-order valence-corrected chi connectivity index (χ2v) is 4.85. The third-order valence-electron chi connectivity index (χ3n) is 3.80. The summed E-state index contributed by atoms with van der Waals surface area (Å²) in [5.74, 6) is -2.86. The smallest absolute Gasteiger partial charge is 0.323 e. The van der Waals surface area contributed by atoms with Crippen molar-refractivity contribution in [1.82, 2.24) is 4.90 Å². The summed E-state index contributed by atoms with van der Waals surface area (Å²) in [6.45, 7) is 0. The van der Waals surface area contributed by atoms with Gasteiger partial charge in [-0.05, 0) is 19.5 Å². The lowest BCUT2D eigenvalue weighted by Gasteiger charge is -2.26. The van der Waals surface area contributed by atoms with Crippen molar-refractivity contribution < 1.29 is 23.8 Å². The SMILES string of the molecule is COC(=O)[C@@H]1C[C@H](C(=O)O)[C@H](c2ccccc2F)N1C. The number of benzene rings is 1. The molecule has 0 aliphatic carbocycles. The first kappa shape index (κ1) is 14.5. The highest BCUT2D eigenvalue weighted by molar-refractivity contribution is 5.79. The molecule has 3 atom stereocenters. The largest absolute Gasteiger partial charge is 0.481 e. The number of carboxylic acids is 1. The number of carbonyl (C=O) groups is 2. The highest BCUT2D eigenvalue weighted by atomic mass is 19.1. The van der Waals surface area contributed by atoms with Crippen LogP contribution in [0.1, 0.15) is 18.0 Å². The van der Waals surface area contributed by atoms with Crippen LogP contribution in [-0.2, 0) is 14.3 Å². The van der Waals surface area contributed by atoms with Gasteiger partial charge in [0, 0.05) is 5.56 Å². The van der Waals surface area contributed by atoms with Gasteiger partial charge in [-0.1, -0.05) is 18.2 Å². The van der Waals surface area contributed by atoms with Gasteiger partial charge in [-0.2, -0.15) is 0 Å². The van der Waals surface area contributed by atoms with Gasteiger partial charge < -0.3 is 9.84 Å². The van der Waals surface area contributed by atoms with Gasteiger partial charge in [0.05, 0.1) is 19.1 Å². The van der Waals surface area contributed by atoms with E-state index < -0.39 is 35.8 Å². The molecule has 5 nitrogen and oxygen atoms in total. The summed E-state index contributed by atoms with van der Waals surface area (Å²) in [4.78, 5) is 24.7. The number of aliphatic carboxylic acids is 1. The third kappa shape index (κ3) is 2.38. The molecule has 0 bridgehead atoms. The number of ether oxygens (including phenoxy) is 1. The average Bonchev–Trinajstić information content (AvgIpc) is 2.76. The number of hydrogen-bond acceptors (Lipinski definition) is 4. The van der Waals surface area contributed by atoms with E-state index in [1.807, 2.05) is 0 Å². The topological polar surface area (TPSA) is 66.8 Å². The van der Waals surface area contributed by atoms with Gasteiger partial charge in [-0.15, -0.1) is 0 Å². The predicted molar refractivity (Wildman–Crippen MR) is 68.5 cm³/mol. The Morgan fingerprint density at radius 1 is 1.40 bits per heavy atom. The zero-order valence-corrected chi connectivity index (χ0v) is 11.2. The quantitative estimate of drug-likeness (QED) is 0.849. The number of carbonyl (C=O) groups excluding carboxylic acids is 1. The number of rotatable bonds is 3. The normalized spacial score (nSPS) is 26.4. The van der Waals surface area contributed by atoms with E-state index in [4.69, 9.17) is 0 Å². The fraction of sp³-hybridized carbons (Fsp3) is 0.429. The Labute approximate surface area is 116 Å². The highest BCUT2D eigenvalue weighted by Gasteiger charge is 2.47. The maximum absolute atomic E-state index is 13.9. The standard InChI is InChI=1S/C14H16FNO4/c1-16-11(14(19)20-2)7-9(13(17)18)12(16)8-5-3-4-6-10(8)15/h3-6,9,11-12H,7H2,1-2H3,(H,17,18)/t9-,11-,12-/m0/s1. The third-order valence-corrected chi connectivity index (χ3v) is 3.80. The van der Waals surface area contributed by atoms with Gasteiger partial charge >= 0.3 is 11.9 Å². The number of carboxylic acid groups (broad SMARTS) is 1. The van der Waals surface area contributed by atoms with Crippen molar-refractivity contribution >= 4 is 11.9 Å². The van der Waals surface area contributed by atoms with Crippen LogP contribution in [0.2, 0.25) is 0 Å². The number of hydrogen-bond donors (Lipinski definition) is 1. The van der Waals surface area contributed by atoms with Gasteiger partial charge in [-0.25, -0.2) is 4.39 Å². The van der Waals surface area contributed by atoms with Crippen molar-refractivity contribution in [3.63, 3.8) is 0 Å². The molecule has 0 amide bonds. The number of methoxy groups -OCH3 is 1. The zero-order chi connectivity index (χ0) is 14.9. The highest BCUT2D eigenvalue weighted by Crippen LogP contribution is 2.41. The molecule has 0 spiro atoms. The summed E-state index contributed by atoms with van der Waals surface area (Å²) in [6, 6.07) is 4.67. The summed E-state index contributed by atoms with van der Waals surface area (Å²) >= 11 is 0. The summed E-state index contributed by atoms with van der Waals surface area (Å²) < 4.78 is 18.6. The molecule has 1 heterocycles. The Hall–Kier alpha value is -1.95. The van der Waals surface area contributed by atoms with E-state index >= 15 is 0 Å². The fourth-order valence-electron chi connectivity index (χ4n) is 2.80. The summed E-state index contributed by atoms with van der Waals surface area (Å²) in [5, 5.41) is 9.32. The zero-order valence-electron chi connectivity index (χ0n) is 11.2. The van der Waals surface area contributed by atoms with Crippen molar-refractivity contribution in [3.8, 4) is 0 Å². The second kappa shape index (κ2) is 5.58. The van der Waals surface area contributed by atoms with Crippen molar-refractivity contribution in [2.45, 2.75) is 18.5 Å². The van der Waals surface area contributed by atoms with Crippen LogP contribution >= 0.6 is 0 Å². The van der Waals surface area contributed by atoms with Crippen LogP contribution in [0.4, 0.5) is 4.39 Å². The van der Waals surface area contributed by atoms with E-state index in [0.717, 1.165) is 0 Å². The first-order valence-corrected chi connectivity index (χ1v) is 6.24. The number of likely N-dealkylation sites (tertiary alicyclic amines) is 1. The first-order chi connectivity index (χ1) is 9.47. The molecule has 20 heavy (non-hydrogen) atoms. The van der Waals surface area contributed by atoms with Crippen LogP contribution in [0, 0.1) is 11.7 Å². The molecular formula is C14H16FNO4. The first-order valence-electron chi connectivity index (χ1n) is 6.24. The van der Waals surface area contributed by atoms with Crippen LogP contribution in [-0.4, -0.2) is 42.1 Å². The van der Waals surface area contributed by atoms with E-state index in [1.165, 1.54) is 13.2 Å². The Kier molecular flexibility index (Phi) is 4.04. The molecule has 6 heteroatoms. The monoisotopic (exact) mass is 281 g/mol.